The van der Waals surface area contributed by atoms with Crippen LogP contribution in [0.1, 0.15) is 6.92 Å². The van der Waals surface area contributed by atoms with E-state index < -0.39 is 30.8 Å². The number of esters is 1. The van der Waals surface area contributed by atoms with E-state index in [1.807, 2.05) is 0 Å². The fourth-order valence-corrected chi connectivity index (χ4v) is 0.704. The van der Waals surface area contributed by atoms with Crippen LogP contribution in [0.2, 0.25) is 0 Å². The standard InChI is InChI=1S/C8H12F4O3/c1-5(6(13)14-2)3-15-4-8(11,12)7(9)10/h5,7H,3-4H2,1-2H3. The third-order valence-corrected chi connectivity index (χ3v) is 1.59. The molecule has 0 aromatic rings. The maximum absolute atomic E-state index is 12.3. The second-order valence-electron chi connectivity index (χ2n) is 3.00. The zero-order valence-electron chi connectivity index (χ0n) is 8.31. The molecule has 0 radical (unpaired) electrons. The SMILES string of the molecule is COC(=O)C(C)COCC(F)(F)C(F)F. The van der Waals surface area contributed by atoms with Crippen LogP contribution >= 0.6 is 0 Å². The Morgan fingerprint density at radius 3 is 2.33 bits per heavy atom. The van der Waals surface area contributed by atoms with Crippen molar-refractivity contribution in [1.82, 2.24) is 0 Å². The smallest absolute Gasteiger partial charge is 0.330 e. The van der Waals surface area contributed by atoms with Crippen LogP contribution in [0.5, 0.6) is 0 Å². The lowest BCUT2D eigenvalue weighted by atomic mass is 10.2. The van der Waals surface area contributed by atoms with Gasteiger partial charge in [0.25, 0.3) is 0 Å². The Balaban J connectivity index is 3.84. The number of methoxy groups -OCH3 is 1. The van der Waals surface area contributed by atoms with E-state index in [2.05, 4.69) is 9.47 Å². The molecule has 0 aliphatic heterocycles. The van der Waals surface area contributed by atoms with Gasteiger partial charge in [-0.2, -0.15) is 8.78 Å². The third kappa shape index (κ3) is 4.96. The molecule has 0 fully saturated rings. The third-order valence-electron chi connectivity index (χ3n) is 1.59. The Kier molecular flexibility index (Phi) is 5.56. The van der Waals surface area contributed by atoms with Gasteiger partial charge in [0.2, 0.25) is 0 Å². The molecule has 0 aliphatic rings. The number of ether oxygens (including phenoxy) is 2. The molecule has 0 N–H and O–H groups in total. The normalized spacial score (nSPS) is 14.1. The van der Waals surface area contributed by atoms with Gasteiger partial charge in [-0.05, 0) is 6.92 Å². The predicted molar refractivity (Wildman–Crippen MR) is 43.0 cm³/mol. The molecule has 0 rings (SSSR count). The van der Waals surface area contributed by atoms with Gasteiger partial charge in [-0.15, -0.1) is 0 Å². The van der Waals surface area contributed by atoms with Crippen molar-refractivity contribution >= 4 is 5.97 Å². The van der Waals surface area contributed by atoms with E-state index in [-0.39, 0.29) is 6.61 Å². The van der Waals surface area contributed by atoms with Crippen LogP contribution in [0.4, 0.5) is 17.6 Å². The second kappa shape index (κ2) is 5.89. The largest absolute Gasteiger partial charge is 0.469 e. The van der Waals surface area contributed by atoms with Crippen molar-refractivity contribution in [3.05, 3.63) is 0 Å². The van der Waals surface area contributed by atoms with Crippen LogP contribution in [0.25, 0.3) is 0 Å². The average Bonchev–Trinajstić information content (AvgIpc) is 2.15. The number of alkyl halides is 4. The highest BCUT2D eigenvalue weighted by Crippen LogP contribution is 2.23. The van der Waals surface area contributed by atoms with Gasteiger partial charge >= 0.3 is 18.3 Å². The lowest BCUT2D eigenvalue weighted by Gasteiger charge is -2.16. The number of carbonyl (C=O) groups is 1. The summed E-state index contributed by atoms with van der Waals surface area (Å²) in [4.78, 5) is 10.8. The number of hydrogen-bond donors (Lipinski definition) is 0. The first kappa shape index (κ1) is 14.2. The van der Waals surface area contributed by atoms with Crippen molar-refractivity contribution < 1.29 is 31.8 Å². The molecule has 0 aliphatic carbocycles. The van der Waals surface area contributed by atoms with Crippen molar-refractivity contribution in [3.63, 3.8) is 0 Å². The number of rotatable bonds is 6. The Labute approximate surface area is 84.3 Å². The summed E-state index contributed by atoms with van der Waals surface area (Å²) in [5.41, 5.74) is 0. The van der Waals surface area contributed by atoms with Gasteiger partial charge in [0, 0.05) is 0 Å². The van der Waals surface area contributed by atoms with E-state index in [0.717, 1.165) is 7.11 Å². The summed E-state index contributed by atoms with van der Waals surface area (Å²) in [5.74, 6) is -5.59. The van der Waals surface area contributed by atoms with E-state index in [0.29, 0.717) is 0 Å². The Morgan fingerprint density at radius 2 is 1.93 bits per heavy atom. The minimum Gasteiger partial charge on any atom is -0.469 e. The minimum atomic E-state index is -4.18. The predicted octanol–water partition coefficient (Wildman–Crippen LogP) is 1.71. The summed E-state index contributed by atoms with van der Waals surface area (Å²) < 4.78 is 56.5. The second-order valence-corrected chi connectivity index (χ2v) is 3.00. The molecule has 0 saturated carbocycles. The molecule has 1 atom stereocenters. The van der Waals surface area contributed by atoms with Gasteiger partial charge < -0.3 is 9.47 Å². The molecule has 0 bridgehead atoms. The summed E-state index contributed by atoms with van der Waals surface area (Å²) in [5, 5.41) is 0. The van der Waals surface area contributed by atoms with Gasteiger partial charge in [-0.25, -0.2) is 8.78 Å². The fourth-order valence-electron chi connectivity index (χ4n) is 0.704. The molecular weight excluding hydrogens is 220 g/mol. The first-order valence-corrected chi connectivity index (χ1v) is 4.12. The molecule has 0 heterocycles. The molecular formula is C8H12F4O3. The molecule has 90 valence electrons. The van der Waals surface area contributed by atoms with E-state index in [9.17, 15) is 22.4 Å². The zero-order chi connectivity index (χ0) is 12.1. The molecule has 0 aromatic carbocycles. The highest BCUT2D eigenvalue weighted by molar-refractivity contribution is 5.71. The molecule has 0 spiro atoms. The minimum absolute atomic E-state index is 0.380. The van der Waals surface area contributed by atoms with Gasteiger partial charge in [0.1, 0.15) is 6.61 Å². The van der Waals surface area contributed by atoms with Crippen LogP contribution in [-0.2, 0) is 14.3 Å². The monoisotopic (exact) mass is 232 g/mol. The van der Waals surface area contributed by atoms with Gasteiger partial charge in [0.15, 0.2) is 0 Å². The molecule has 0 aromatic heterocycles. The van der Waals surface area contributed by atoms with Crippen molar-refractivity contribution in [2.24, 2.45) is 5.92 Å². The number of hydrogen-bond acceptors (Lipinski definition) is 3. The van der Waals surface area contributed by atoms with Crippen molar-refractivity contribution in [3.8, 4) is 0 Å². The van der Waals surface area contributed by atoms with Crippen LogP contribution in [0, 0.1) is 5.92 Å². The number of halogens is 4. The van der Waals surface area contributed by atoms with E-state index in [4.69, 9.17) is 0 Å². The first-order chi connectivity index (χ1) is 6.81. The Morgan fingerprint density at radius 1 is 1.40 bits per heavy atom. The topological polar surface area (TPSA) is 35.5 Å². The Bertz CT molecular complexity index is 208. The van der Waals surface area contributed by atoms with Gasteiger partial charge in [-0.1, -0.05) is 0 Å². The maximum Gasteiger partial charge on any atom is 0.330 e. The fraction of sp³-hybridized carbons (Fsp3) is 0.875. The Hall–Kier alpha value is -0.850. The molecule has 7 heteroatoms. The molecule has 1 unspecified atom stereocenters. The summed E-state index contributed by atoms with van der Waals surface area (Å²) in [6.45, 7) is -0.409. The van der Waals surface area contributed by atoms with Crippen LogP contribution in [-0.4, -0.2) is 38.6 Å². The lowest BCUT2D eigenvalue weighted by Crippen LogP contribution is -2.33. The van der Waals surface area contributed by atoms with Gasteiger partial charge in [0.05, 0.1) is 19.6 Å². The van der Waals surface area contributed by atoms with Crippen LogP contribution in [0.15, 0.2) is 0 Å². The van der Waals surface area contributed by atoms with Gasteiger partial charge in [-0.3, -0.25) is 4.79 Å². The number of carbonyl (C=O) groups excluding carboxylic acids is 1. The first-order valence-electron chi connectivity index (χ1n) is 4.12. The highest BCUT2D eigenvalue weighted by atomic mass is 19.3. The molecule has 0 saturated heterocycles. The van der Waals surface area contributed by atoms with E-state index in [1.165, 1.54) is 6.92 Å². The highest BCUT2D eigenvalue weighted by Gasteiger charge is 2.41. The molecule has 3 nitrogen and oxygen atoms in total. The van der Waals surface area contributed by atoms with E-state index >= 15 is 0 Å². The van der Waals surface area contributed by atoms with Crippen molar-refractivity contribution in [2.75, 3.05) is 20.3 Å². The molecule has 0 amide bonds. The van der Waals surface area contributed by atoms with Crippen LogP contribution < -0.4 is 0 Å². The van der Waals surface area contributed by atoms with Crippen molar-refractivity contribution in [1.29, 1.82) is 0 Å². The lowest BCUT2D eigenvalue weighted by molar-refractivity contribution is -0.171. The summed E-state index contributed by atoms with van der Waals surface area (Å²) in [6, 6.07) is 0. The quantitative estimate of drug-likeness (QED) is 0.516. The summed E-state index contributed by atoms with van der Waals surface area (Å²) in [7, 11) is 1.13. The zero-order valence-corrected chi connectivity index (χ0v) is 8.31. The average molecular weight is 232 g/mol. The summed E-state index contributed by atoms with van der Waals surface area (Å²) >= 11 is 0. The van der Waals surface area contributed by atoms with E-state index in [1.54, 1.807) is 0 Å². The van der Waals surface area contributed by atoms with Crippen molar-refractivity contribution in [2.45, 2.75) is 19.3 Å². The van der Waals surface area contributed by atoms with Crippen LogP contribution in [0.3, 0.4) is 0 Å². The maximum atomic E-state index is 12.3. The molecule has 15 heavy (non-hydrogen) atoms. The summed E-state index contributed by atoms with van der Waals surface area (Å²) in [6.07, 6.45) is -3.77.